The molecule has 0 heterocycles. The van der Waals surface area contributed by atoms with E-state index in [9.17, 15) is 4.79 Å². The van der Waals surface area contributed by atoms with Crippen LogP contribution in [0.25, 0.3) is 0 Å². The fourth-order valence-electron chi connectivity index (χ4n) is 2.05. The highest BCUT2D eigenvalue weighted by Crippen LogP contribution is 2.20. The van der Waals surface area contributed by atoms with Crippen molar-refractivity contribution in [3.8, 4) is 0 Å². The number of hydrogen-bond donors (Lipinski definition) is 0. The molecule has 0 aliphatic rings. The Bertz CT molecular complexity index is 437. The average Bonchev–Trinajstić information content (AvgIpc) is 2.32. The van der Waals surface area contributed by atoms with Crippen molar-refractivity contribution in [3.05, 3.63) is 34.9 Å². The van der Waals surface area contributed by atoms with E-state index in [-0.39, 0.29) is 5.54 Å². The van der Waals surface area contributed by atoms with E-state index in [4.69, 9.17) is 0 Å². The molecule has 1 atom stereocenters. The molecule has 0 aromatic heterocycles. The van der Waals surface area contributed by atoms with Crippen LogP contribution in [0, 0.1) is 13.8 Å². The Morgan fingerprint density at radius 2 is 1.83 bits per heavy atom. The van der Waals surface area contributed by atoms with Gasteiger partial charge in [-0.05, 0) is 58.0 Å². The summed E-state index contributed by atoms with van der Waals surface area (Å²) < 4.78 is 0. The summed E-state index contributed by atoms with van der Waals surface area (Å²) in [5.74, 6) is 0.290. The summed E-state index contributed by atoms with van der Waals surface area (Å²) in [6, 6.07) is 6.28. The summed E-state index contributed by atoms with van der Waals surface area (Å²) in [4.78, 5) is 14.5. The summed E-state index contributed by atoms with van der Waals surface area (Å²) in [6.45, 7) is 8.28. The summed E-state index contributed by atoms with van der Waals surface area (Å²) >= 11 is 0. The maximum absolute atomic E-state index is 12.5. The van der Waals surface area contributed by atoms with Gasteiger partial charge in [0.05, 0.1) is 5.54 Å². The van der Waals surface area contributed by atoms with Gasteiger partial charge < -0.3 is 0 Å². The zero-order valence-corrected chi connectivity index (χ0v) is 12.5. The van der Waals surface area contributed by atoms with Gasteiger partial charge in [-0.3, -0.25) is 9.69 Å². The van der Waals surface area contributed by atoms with E-state index in [1.54, 1.807) is 0 Å². The molecule has 1 rings (SSSR count). The normalized spacial score (nSPS) is 14.6. The molecule has 0 fully saturated rings. The van der Waals surface area contributed by atoms with Crippen molar-refractivity contribution in [2.75, 3.05) is 14.1 Å². The third-order valence-electron chi connectivity index (χ3n) is 4.21. The first-order valence-corrected chi connectivity index (χ1v) is 6.58. The predicted molar refractivity (Wildman–Crippen MR) is 77.0 cm³/mol. The second kappa shape index (κ2) is 5.66. The molecule has 1 aromatic carbocycles. The third-order valence-corrected chi connectivity index (χ3v) is 4.21. The Morgan fingerprint density at radius 1 is 1.22 bits per heavy atom. The minimum atomic E-state index is -0.362. The van der Waals surface area contributed by atoms with E-state index >= 15 is 0 Å². The number of rotatable bonds is 5. The van der Waals surface area contributed by atoms with Crippen LogP contribution in [0.3, 0.4) is 0 Å². The van der Waals surface area contributed by atoms with Crippen LogP contribution >= 0.6 is 0 Å². The summed E-state index contributed by atoms with van der Waals surface area (Å²) in [5.41, 5.74) is 3.28. The standard InChI is InChI=1S/C16H25NO/c1-7-16(4,17(5)6)15(18)11-14-9-8-12(2)13(3)10-14/h8-10H,7,11H2,1-6H3. The smallest absolute Gasteiger partial charge is 0.157 e. The van der Waals surface area contributed by atoms with Gasteiger partial charge in [0.25, 0.3) is 0 Å². The molecule has 18 heavy (non-hydrogen) atoms. The molecule has 1 unspecified atom stereocenters. The molecule has 1 aromatic rings. The minimum absolute atomic E-state index is 0.290. The molecule has 0 saturated heterocycles. The number of aryl methyl sites for hydroxylation is 2. The minimum Gasteiger partial charge on any atom is -0.297 e. The number of ketones is 1. The lowest BCUT2D eigenvalue weighted by atomic mass is 9.87. The van der Waals surface area contributed by atoms with Crippen LogP contribution in [-0.4, -0.2) is 30.3 Å². The molecule has 2 nitrogen and oxygen atoms in total. The lowest BCUT2D eigenvalue weighted by molar-refractivity contribution is -0.128. The van der Waals surface area contributed by atoms with Gasteiger partial charge in [-0.25, -0.2) is 0 Å². The van der Waals surface area contributed by atoms with E-state index in [0.29, 0.717) is 12.2 Å². The fraction of sp³-hybridized carbons (Fsp3) is 0.562. The first kappa shape index (κ1) is 14.9. The van der Waals surface area contributed by atoms with Crippen molar-refractivity contribution in [2.45, 2.75) is 46.1 Å². The number of carbonyl (C=O) groups excluding carboxylic acids is 1. The van der Waals surface area contributed by atoms with Gasteiger partial charge in [0.2, 0.25) is 0 Å². The predicted octanol–water partition coefficient (Wildman–Crippen LogP) is 3.15. The number of benzene rings is 1. The van der Waals surface area contributed by atoms with Crippen LogP contribution in [0.1, 0.15) is 37.0 Å². The third kappa shape index (κ3) is 2.99. The number of nitrogens with zero attached hydrogens (tertiary/aromatic N) is 1. The lowest BCUT2D eigenvalue weighted by Crippen LogP contribution is -2.48. The van der Waals surface area contributed by atoms with Gasteiger partial charge in [0, 0.05) is 6.42 Å². The van der Waals surface area contributed by atoms with Crippen molar-refractivity contribution < 1.29 is 4.79 Å². The van der Waals surface area contributed by atoms with E-state index in [1.165, 1.54) is 11.1 Å². The van der Waals surface area contributed by atoms with Gasteiger partial charge >= 0.3 is 0 Å². The Morgan fingerprint density at radius 3 is 2.28 bits per heavy atom. The Balaban J connectivity index is 2.90. The van der Waals surface area contributed by atoms with Crippen molar-refractivity contribution in [1.29, 1.82) is 0 Å². The first-order valence-electron chi connectivity index (χ1n) is 6.58. The maximum Gasteiger partial charge on any atom is 0.157 e. The number of hydrogen-bond acceptors (Lipinski definition) is 2. The van der Waals surface area contributed by atoms with Crippen LogP contribution < -0.4 is 0 Å². The number of likely N-dealkylation sites (N-methyl/N-ethyl adjacent to an activating group) is 1. The van der Waals surface area contributed by atoms with Crippen molar-refractivity contribution >= 4 is 5.78 Å². The highest BCUT2D eigenvalue weighted by atomic mass is 16.1. The van der Waals surface area contributed by atoms with Gasteiger partial charge in [-0.2, -0.15) is 0 Å². The van der Waals surface area contributed by atoms with Crippen LogP contribution in [0.4, 0.5) is 0 Å². The zero-order chi connectivity index (χ0) is 13.9. The first-order chi connectivity index (χ1) is 8.31. The topological polar surface area (TPSA) is 20.3 Å². The maximum atomic E-state index is 12.5. The van der Waals surface area contributed by atoms with Gasteiger partial charge in [-0.1, -0.05) is 25.1 Å². The molecule has 0 aliphatic carbocycles. The highest BCUT2D eigenvalue weighted by molar-refractivity contribution is 5.89. The Kier molecular flexibility index (Phi) is 4.69. The highest BCUT2D eigenvalue weighted by Gasteiger charge is 2.32. The average molecular weight is 247 g/mol. The van der Waals surface area contributed by atoms with Crippen molar-refractivity contribution in [1.82, 2.24) is 4.90 Å². The molecule has 0 N–H and O–H groups in total. The fourth-order valence-corrected chi connectivity index (χ4v) is 2.05. The second-order valence-corrected chi connectivity index (χ2v) is 5.54. The van der Waals surface area contributed by atoms with Gasteiger partial charge in [0.15, 0.2) is 5.78 Å². The van der Waals surface area contributed by atoms with E-state index in [1.807, 2.05) is 25.9 Å². The van der Waals surface area contributed by atoms with Crippen molar-refractivity contribution in [2.24, 2.45) is 0 Å². The molecule has 0 amide bonds. The Labute approximate surface area is 111 Å². The van der Waals surface area contributed by atoms with E-state index < -0.39 is 0 Å². The molecule has 0 radical (unpaired) electrons. The van der Waals surface area contributed by atoms with E-state index in [2.05, 4.69) is 39.0 Å². The molecule has 2 heteroatoms. The van der Waals surface area contributed by atoms with Gasteiger partial charge in [-0.15, -0.1) is 0 Å². The van der Waals surface area contributed by atoms with Crippen LogP contribution in [-0.2, 0) is 11.2 Å². The zero-order valence-electron chi connectivity index (χ0n) is 12.5. The number of Topliss-reactive ketones (excluding diaryl/α,β-unsaturated/α-hetero) is 1. The molecular weight excluding hydrogens is 222 g/mol. The SMILES string of the molecule is CCC(C)(C(=O)Cc1ccc(C)c(C)c1)N(C)C. The molecule has 0 saturated carbocycles. The largest absolute Gasteiger partial charge is 0.297 e. The van der Waals surface area contributed by atoms with Crippen LogP contribution in [0.2, 0.25) is 0 Å². The summed E-state index contributed by atoms with van der Waals surface area (Å²) in [5, 5.41) is 0. The lowest BCUT2D eigenvalue weighted by Gasteiger charge is -2.34. The monoisotopic (exact) mass is 247 g/mol. The van der Waals surface area contributed by atoms with Crippen LogP contribution in [0.5, 0.6) is 0 Å². The molecular formula is C16H25NO. The quantitative estimate of drug-likeness (QED) is 0.796. The van der Waals surface area contributed by atoms with Crippen LogP contribution in [0.15, 0.2) is 18.2 Å². The van der Waals surface area contributed by atoms with Gasteiger partial charge in [0.1, 0.15) is 0 Å². The van der Waals surface area contributed by atoms with E-state index in [0.717, 1.165) is 12.0 Å². The Hall–Kier alpha value is -1.15. The molecule has 0 aliphatic heterocycles. The molecule has 100 valence electrons. The molecule has 0 spiro atoms. The summed E-state index contributed by atoms with van der Waals surface area (Å²) in [7, 11) is 3.95. The second-order valence-electron chi connectivity index (χ2n) is 5.54. The number of carbonyl (C=O) groups is 1. The van der Waals surface area contributed by atoms with Crippen molar-refractivity contribution in [3.63, 3.8) is 0 Å². The molecule has 0 bridgehead atoms. The summed E-state index contributed by atoms with van der Waals surface area (Å²) in [6.07, 6.45) is 1.35.